The number of amides is 1. The Morgan fingerprint density at radius 3 is 2.42 bits per heavy atom. The van der Waals surface area contributed by atoms with E-state index < -0.39 is 5.54 Å². The minimum absolute atomic E-state index is 0.126. The third-order valence-corrected chi connectivity index (χ3v) is 1.57. The van der Waals surface area contributed by atoms with Crippen LogP contribution in [0.15, 0.2) is 4.99 Å². The van der Waals surface area contributed by atoms with Crippen LogP contribution in [-0.2, 0) is 4.79 Å². The Morgan fingerprint density at radius 1 is 1.58 bits per heavy atom. The van der Waals surface area contributed by atoms with Gasteiger partial charge in [-0.2, -0.15) is 0 Å². The number of aliphatic imine (C=N–C) groups is 1. The molecule has 0 fully saturated rings. The molecular formula is C8H17N3O. The molecule has 0 saturated heterocycles. The topological polar surface area (TPSA) is 67.5 Å². The molecule has 70 valence electrons. The van der Waals surface area contributed by atoms with E-state index in [1.165, 1.54) is 0 Å². The molecule has 12 heavy (non-hydrogen) atoms. The Morgan fingerprint density at radius 2 is 2.08 bits per heavy atom. The van der Waals surface area contributed by atoms with Gasteiger partial charge in [-0.05, 0) is 13.8 Å². The quantitative estimate of drug-likeness (QED) is 0.473. The molecule has 0 aliphatic heterocycles. The standard InChI is InChI=1S/C8H17N3O/c1-5-6(9)11-8(2,3)7(12)10-4/h5H2,1-4H3,(H2,9,11)(H,10,12). The van der Waals surface area contributed by atoms with Gasteiger partial charge in [-0.15, -0.1) is 0 Å². The Labute approximate surface area is 73.2 Å². The van der Waals surface area contributed by atoms with E-state index in [0.717, 1.165) is 0 Å². The number of carbonyl (C=O) groups is 1. The summed E-state index contributed by atoms with van der Waals surface area (Å²) in [6.45, 7) is 5.36. The van der Waals surface area contributed by atoms with Gasteiger partial charge in [0.05, 0.1) is 5.84 Å². The Balaban J connectivity index is 4.51. The molecule has 0 aromatic rings. The van der Waals surface area contributed by atoms with Crippen LogP contribution in [0.3, 0.4) is 0 Å². The molecule has 0 aliphatic carbocycles. The number of hydrogen-bond acceptors (Lipinski definition) is 2. The van der Waals surface area contributed by atoms with E-state index in [9.17, 15) is 4.79 Å². The number of likely N-dealkylation sites (N-methyl/N-ethyl adjacent to an activating group) is 1. The van der Waals surface area contributed by atoms with E-state index in [1.807, 2.05) is 6.92 Å². The number of hydrogen-bond donors (Lipinski definition) is 2. The summed E-state index contributed by atoms with van der Waals surface area (Å²) in [7, 11) is 1.59. The van der Waals surface area contributed by atoms with Crippen LogP contribution in [-0.4, -0.2) is 24.3 Å². The van der Waals surface area contributed by atoms with Crippen LogP contribution in [0.2, 0.25) is 0 Å². The van der Waals surface area contributed by atoms with Crippen molar-refractivity contribution in [2.45, 2.75) is 32.7 Å². The van der Waals surface area contributed by atoms with Crippen LogP contribution in [0.1, 0.15) is 27.2 Å². The van der Waals surface area contributed by atoms with Crippen molar-refractivity contribution in [3.8, 4) is 0 Å². The summed E-state index contributed by atoms with van der Waals surface area (Å²) in [5.74, 6) is 0.377. The molecule has 0 rings (SSSR count). The fourth-order valence-corrected chi connectivity index (χ4v) is 0.795. The van der Waals surface area contributed by atoms with Crippen LogP contribution in [0.5, 0.6) is 0 Å². The summed E-state index contributed by atoms with van der Waals surface area (Å²) >= 11 is 0. The van der Waals surface area contributed by atoms with E-state index >= 15 is 0 Å². The highest BCUT2D eigenvalue weighted by Crippen LogP contribution is 2.08. The molecular weight excluding hydrogens is 154 g/mol. The number of amidine groups is 1. The van der Waals surface area contributed by atoms with E-state index in [0.29, 0.717) is 12.3 Å². The zero-order valence-electron chi connectivity index (χ0n) is 8.14. The molecule has 0 aliphatic rings. The highest BCUT2D eigenvalue weighted by molar-refractivity contribution is 5.89. The molecule has 0 unspecified atom stereocenters. The van der Waals surface area contributed by atoms with Gasteiger partial charge < -0.3 is 11.1 Å². The first-order valence-electron chi connectivity index (χ1n) is 4.00. The van der Waals surface area contributed by atoms with Crippen LogP contribution >= 0.6 is 0 Å². The summed E-state index contributed by atoms with van der Waals surface area (Å²) in [5.41, 5.74) is 4.77. The Hall–Kier alpha value is -1.06. The lowest BCUT2D eigenvalue weighted by atomic mass is 10.1. The van der Waals surface area contributed by atoms with Crippen molar-refractivity contribution in [2.75, 3.05) is 7.05 Å². The number of nitrogens with zero attached hydrogens (tertiary/aromatic N) is 1. The van der Waals surface area contributed by atoms with Gasteiger partial charge in [-0.1, -0.05) is 6.92 Å². The molecule has 0 bridgehead atoms. The minimum Gasteiger partial charge on any atom is -0.387 e. The van der Waals surface area contributed by atoms with Crippen molar-refractivity contribution in [2.24, 2.45) is 10.7 Å². The molecule has 0 radical (unpaired) electrons. The first-order chi connectivity index (χ1) is 5.44. The van der Waals surface area contributed by atoms with Crippen molar-refractivity contribution in [3.05, 3.63) is 0 Å². The van der Waals surface area contributed by atoms with E-state index in [-0.39, 0.29) is 5.91 Å². The Bertz CT molecular complexity index is 196. The van der Waals surface area contributed by atoms with E-state index in [2.05, 4.69) is 10.3 Å². The first kappa shape index (κ1) is 10.9. The van der Waals surface area contributed by atoms with Gasteiger partial charge in [0, 0.05) is 13.5 Å². The van der Waals surface area contributed by atoms with Gasteiger partial charge >= 0.3 is 0 Å². The SMILES string of the molecule is CCC(N)=NC(C)(C)C(=O)NC. The van der Waals surface area contributed by atoms with Gasteiger partial charge in [-0.25, -0.2) is 0 Å². The average Bonchev–Trinajstić information content (AvgIpc) is 2.02. The predicted octanol–water partition coefficient (Wildman–Crippen LogP) is 0.278. The van der Waals surface area contributed by atoms with Crippen LogP contribution in [0.25, 0.3) is 0 Å². The maximum absolute atomic E-state index is 11.2. The first-order valence-corrected chi connectivity index (χ1v) is 4.00. The number of nitrogens with two attached hydrogens (primary N) is 1. The monoisotopic (exact) mass is 171 g/mol. The molecule has 0 aromatic heterocycles. The summed E-state index contributed by atoms with van der Waals surface area (Å²) in [6.07, 6.45) is 0.667. The summed E-state index contributed by atoms with van der Waals surface area (Å²) < 4.78 is 0. The smallest absolute Gasteiger partial charge is 0.247 e. The number of nitrogens with one attached hydrogen (secondary N) is 1. The van der Waals surface area contributed by atoms with Crippen molar-refractivity contribution in [3.63, 3.8) is 0 Å². The van der Waals surface area contributed by atoms with Crippen molar-refractivity contribution < 1.29 is 4.79 Å². The molecule has 1 amide bonds. The molecule has 3 N–H and O–H groups in total. The molecule has 0 spiro atoms. The van der Waals surface area contributed by atoms with Gasteiger partial charge in [0.15, 0.2) is 0 Å². The Kier molecular flexibility index (Phi) is 3.73. The summed E-state index contributed by atoms with van der Waals surface area (Å²) in [5, 5.41) is 2.53. The van der Waals surface area contributed by atoms with Gasteiger partial charge in [0.25, 0.3) is 0 Å². The molecule has 4 nitrogen and oxygen atoms in total. The van der Waals surface area contributed by atoms with Gasteiger partial charge in [0.2, 0.25) is 5.91 Å². The molecule has 0 heterocycles. The number of rotatable bonds is 3. The van der Waals surface area contributed by atoms with Crippen LogP contribution in [0, 0.1) is 0 Å². The highest BCUT2D eigenvalue weighted by atomic mass is 16.2. The van der Waals surface area contributed by atoms with E-state index in [1.54, 1.807) is 20.9 Å². The summed E-state index contributed by atoms with van der Waals surface area (Å²) in [6, 6.07) is 0. The van der Waals surface area contributed by atoms with Crippen molar-refractivity contribution in [1.82, 2.24) is 5.32 Å². The molecule has 0 aromatic carbocycles. The maximum atomic E-state index is 11.2. The fraction of sp³-hybridized carbons (Fsp3) is 0.750. The summed E-state index contributed by atoms with van der Waals surface area (Å²) in [4.78, 5) is 15.3. The minimum atomic E-state index is -0.755. The third-order valence-electron chi connectivity index (χ3n) is 1.57. The lowest BCUT2D eigenvalue weighted by Gasteiger charge is -2.17. The molecule has 0 atom stereocenters. The second-order valence-electron chi connectivity index (χ2n) is 3.09. The highest BCUT2D eigenvalue weighted by Gasteiger charge is 2.25. The second-order valence-corrected chi connectivity index (χ2v) is 3.09. The van der Waals surface area contributed by atoms with E-state index in [4.69, 9.17) is 5.73 Å². The normalized spacial score (nSPS) is 12.8. The largest absolute Gasteiger partial charge is 0.387 e. The zero-order chi connectivity index (χ0) is 9.78. The average molecular weight is 171 g/mol. The molecule has 0 saturated carbocycles. The van der Waals surface area contributed by atoms with Crippen molar-refractivity contribution in [1.29, 1.82) is 0 Å². The molecule has 4 heteroatoms. The van der Waals surface area contributed by atoms with Crippen LogP contribution < -0.4 is 11.1 Å². The fourth-order valence-electron chi connectivity index (χ4n) is 0.795. The number of carbonyl (C=O) groups excluding carboxylic acids is 1. The lowest BCUT2D eigenvalue weighted by molar-refractivity contribution is -0.124. The van der Waals surface area contributed by atoms with Gasteiger partial charge in [0.1, 0.15) is 5.54 Å². The second kappa shape index (κ2) is 4.09. The van der Waals surface area contributed by atoms with Crippen molar-refractivity contribution >= 4 is 11.7 Å². The zero-order valence-corrected chi connectivity index (χ0v) is 8.14. The third kappa shape index (κ3) is 2.90. The maximum Gasteiger partial charge on any atom is 0.247 e. The lowest BCUT2D eigenvalue weighted by Crippen LogP contribution is -2.40. The van der Waals surface area contributed by atoms with Crippen LogP contribution in [0.4, 0.5) is 0 Å². The predicted molar refractivity (Wildman–Crippen MR) is 50.1 cm³/mol. The van der Waals surface area contributed by atoms with Gasteiger partial charge in [-0.3, -0.25) is 9.79 Å².